The second kappa shape index (κ2) is 4.09. The van der Waals surface area contributed by atoms with Gasteiger partial charge in [-0.2, -0.15) is 0 Å². The summed E-state index contributed by atoms with van der Waals surface area (Å²) >= 11 is 0. The lowest BCUT2D eigenvalue weighted by Crippen LogP contribution is -2.43. The molecule has 1 aromatic rings. The Morgan fingerprint density at radius 2 is 1.80 bits per heavy atom. The molecule has 0 aliphatic rings. The molecule has 0 bridgehead atoms. The second-order valence-corrected chi connectivity index (χ2v) is 11.8. The van der Waals surface area contributed by atoms with Crippen LogP contribution in [0, 0.1) is 0 Å². The number of pyridine rings is 1. The van der Waals surface area contributed by atoms with Crippen molar-refractivity contribution in [3.8, 4) is 0 Å². The van der Waals surface area contributed by atoms with E-state index >= 15 is 0 Å². The molecule has 0 fully saturated rings. The van der Waals surface area contributed by atoms with E-state index < -0.39 is 8.07 Å². The van der Waals surface area contributed by atoms with Gasteiger partial charge in [0.25, 0.3) is 0 Å². The molecule has 1 aromatic heterocycles. The molecule has 0 aliphatic heterocycles. The van der Waals surface area contributed by atoms with Crippen molar-refractivity contribution in [2.24, 2.45) is 0 Å². The lowest BCUT2D eigenvalue weighted by atomic mass is 10.2. The van der Waals surface area contributed by atoms with Crippen LogP contribution in [0.3, 0.4) is 0 Å². The molecule has 0 aromatic carbocycles. The normalized spacial score (nSPS) is 15.1. The first kappa shape index (κ1) is 12.4. The summed E-state index contributed by atoms with van der Waals surface area (Å²) in [5.74, 6) is 0. The number of hydrogen-bond acceptors (Lipinski definition) is 1. The third kappa shape index (κ3) is 2.48. The third-order valence-electron chi connectivity index (χ3n) is 4.15. The Hall–Kier alpha value is -0.633. The van der Waals surface area contributed by atoms with Crippen molar-refractivity contribution in [1.82, 2.24) is 4.98 Å². The highest BCUT2D eigenvalue weighted by Gasteiger charge is 2.40. The second-order valence-electron chi connectivity index (χ2n) is 5.95. The standard InChI is InChI=1S/C13H23NSi/c1-11(12-9-7-8-10-14-12)15(5,6)13(2,3)4/h7-11H,1-6H3/t11-/m1/s1. The zero-order valence-corrected chi connectivity index (χ0v) is 11.8. The average molecular weight is 221 g/mol. The van der Waals surface area contributed by atoms with Crippen LogP contribution in [0.15, 0.2) is 24.4 Å². The molecule has 1 heterocycles. The van der Waals surface area contributed by atoms with E-state index in [1.165, 1.54) is 5.69 Å². The van der Waals surface area contributed by atoms with Crippen molar-refractivity contribution in [3.05, 3.63) is 30.1 Å². The van der Waals surface area contributed by atoms with Crippen molar-refractivity contribution in [2.45, 2.75) is 51.4 Å². The van der Waals surface area contributed by atoms with Gasteiger partial charge in [0.2, 0.25) is 0 Å². The molecule has 0 spiro atoms. The molecule has 0 N–H and O–H groups in total. The third-order valence-corrected chi connectivity index (χ3v) is 10.5. The van der Waals surface area contributed by atoms with Crippen molar-refractivity contribution < 1.29 is 0 Å². The van der Waals surface area contributed by atoms with Crippen molar-refractivity contribution in [2.75, 3.05) is 0 Å². The van der Waals surface area contributed by atoms with E-state index in [4.69, 9.17) is 0 Å². The van der Waals surface area contributed by atoms with Gasteiger partial charge in [-0.1, -0.05) is 46.9 Å². The highest BCUT2D eigenvalue weighted by atomic mass is 28.3. The van der Waals surface area contributed by atoms with Gasteiger partial charge in [0.05, 0.1) is 8.07 Å². The van der Waals surface area contributed by atoms with E-state index in [1.807, 2.05) is 12.3 Å². The van der Waals surface area contributed by atoms with E-state index in [0.29, 0.717) is 10.6 Å². The molecule has 84 valence electrons. The van der Waals surface area contributed by atoms with E-state index in [9.17, 15) is 0 Å². The summed E-state index contributed by atoms with van der Waals surface area (Å²) in [6.45, 7) is 14.3. The quantitative estimate of drug-likeness (QED) is 0.681. The molecule has 0 saturated heterocycles. The molecule has 0 radical (unpaired) electrons. The van der Waals surface area contributed by atoms with Crippen LogP contribution in [0.4, 0.5) is 0 Å². The van der Waals surface area contributed by atoms with E-state index in [0.717, 1.165) is 0 Å². The Morgan fingerprint density at radius 1 is 1.20 bits per heavy atom. The number of nitrogens with zero attached hydrogens (tertiary/aromatic N) is 1. The molecular formula is C13H23NSi. The zero-order chi connectivity index (χ0) is 11.7. The fraction of sp³-hybridized carbons (Fsp3) is 0.615. The molecule has 0 unspecified atom stereocenters. The Labute approximate surface area is 95.0 Å². The molecule has 1 atom stereocenters. The van der Waals surface area contributed by atoms with Gasteiger partial charge in [0.15, 0.2) is 0 Å². The van der Waals surface area contributed by atoms with E-state index in [-0.39, 0.29) is 0 Å². The van der Waals surface area contributed by atoms with Crippen LogP contribution < -0.4 is 0 Å². The van der Waals surface area contributed by atoms with Crippen LogP contribution >= 0.6 is 0 Å². The number of rotatable bonds is 2. The topological polar surface area (TPSA) is 12.9 Å². The van der Waals surface area contributed by atoms with Crippen LogP contribution in [-0.2, 0) is 0 Å². The molecule has 15 heavy (non-hydrogen) atoms. The van der Waals surface area contributed by atoms with Gasteiger partial charge in [0, 0.05) is 11.9 Å². The largest absolute Gasteiger partial charge is 0.261 e. The minimum Gasteiger partial charge on any atom is -0.261 e. The van der Waals surface area contributed by atoms with Crippen LogP contribution in [0.2, 0.25) is 18.1 Å². The minimum absolute atomic E-state index is 0.421. The predicted octanol–water partition coefficient (Wildman–Crippen LogP) is 4.23. The molecule has 0 aliphatic carbocycles. The van der Waals surface area contributed by atoms with Gasteiger partial charge < -0.3 is 0 Å². The van der Waals surface area contributed by atoms with Crippen LogP contribution in [0.5, 0.6) is 0 Å². The Bertz CT molecular complexity index is 311. The van der Waals surface area contributed by atoms with Crippen LogP contribution in [0.1, 0.15) is 38.9 Å². The molecule has 2 heteroatoms. The summed E-state index contributed by atoms with van der Waals surface area (Å²) in [4.78, 5) is 4.49. The number of hydrogen-bond donors (Lipinski definition) is 0. The van der Waals surface area contributed by atoms with Gasteiger partial charge in [-0.05, 0) is 22.7 Å². The highest BCUT2D eigenvalue weighted by molar-refractivity contribution is 6.81. The first-order valence-electron chi connectivity index (χ1n) is 5.68. The lowest BCUT2D eigenvalue weighted by molar-refractivity contribution is 0.691. The molecule has 1 nitrogen and oxygen atoms in total. The first-order chi connectivity index (χ1) is 6.77. The Balaban J connectivity index is 3.00. The summed E-state index contributed by atoms with van der Waals surface area (Å²) in [7, 11) is -1.31. The fourth-order valence-electron chi connectivity index (χ4n) is 1.65. The summed E-state index contributed by atoms with van der Waals surface area (Å²) in [5.41, 5.74) is 1.86. The van der Waals surface area contributed by atoms with Gasteiger partial charge in [-0.25, -0.2) is 0 Å². The van der Waals surface area contributed by atoms with Crippen LogP contribution in [-0.4, -0.2) is 13.1 Å². The smallest absolute Gasteiger partial charge is 0.0621 e. The monoisotopic (exact) mass is 221 g/mol. The maximum Gasteiger partial charge on any atom is 0.0621 e. The average Bonchev–Trinajstić information content (AvgIpc) is 2.16. The van der Waals surface area contributed by atoms with Crippen molar-refractivity contribution in [3.63, 3.8) is 0 Å². The summed E-state index contributed by atoms with van der Waals surface area (Å²) in [6.07, 6.45) is 1.90. The Morgan fingerprint density at radius 3 is 2.20 bits per heavy atom. The van der Waals surface area contributed by atoms with Gasteiger partial charge in [-0.15, -0.1) is 0 Å². The minimum atomic E-state index is -1.31. The summed E-state index contributed by atoms with van der Waals surface area (Å²) in [6, 6.07) is 6.24. The van der Waals surface area contributed by atoms with Crippen LogP contribution in [0.25, 0.3) is 0 Å². The van der Waals surface area contributed by atoms with Crippen molar-refractivity contribution >= 4 is 8.07 Å². The SMILES string of the molecule is C[C@H](c1ccccn1)[Si](C)(C)C(C)(C)C. The molecule has 1 rings (SSSR count). The summed E-state index contributed by atoms with van der Waals surface area (Å²) in [5, 5.41) is 0.421. The highest BCUT2D eigenvalue weighted by Crippen LogP contribution is 2.43. The van der Waals surface area contributed by atoms with Gasteiger partial charge in [0.1, 0.15) is 0 Å². The zero-order valence-electron chi connectivity index (χ0n) is 10.8. The van der Waals surface area contributed by atoms with E-state index in [2.05, 4.69) is 57.9 Å². The molecular weight excluding hydrogens is 198 g/mol. The Kier molecular flexibility index (Phi) is 3.39. The maximum absolute atomic E-state index is 4.49. The molecule has 0 saturated carbocycles. The number of aromatic nitrogens is 1. The molecule has 0 amide bonds. The summed E-state index contributed by atoms with van der Waals surface area (Å²) < 4.78 is 0. The maximum atomic E-state index is 4.49. The first-order valence-corrected chi connectivity index (χ1v) is 8.75. The van der Waals surface area contributed by atoms with Gasteiger partial charge >= 0.3 is 0 Å². The fourth-order valence-corrected chi connectivity index (χ4v) is 3.86. The van der Waals surface area contributed by atoms with Gasteiger partial charge in [-0.3, -0.25) is 4.98 Å². The lowest BCUT2D eigenvalue weighted by Gasteiger charge is -2.41. The van der Waals surface area contributed by atoms with Crippen molar-refractivity contribution in [1.29, 1.82) is 0 Å². The van der Waals surface area contributed by atoms with E-state index in [1.54, 1.807) is 0 Å². The predicted molar refractivity (Wildman–Crippen MR) is 69.8 cm³/mol.